The van der Waals surface area contributed by atoms with Gasteiger partial charge in [-0.3, -0.25) is 9.89 Å². The minimum absolute atomic E-state index is 0.102. The number of rotatable bonds is 2. The summed E-state index contributed by atoms with van der Waals surface area (Å²) in [6, 6.07) is -0.102. The Balaban J connectivity index is 1.43. The molecule has 1 unspecified atom stereocenters. The summed E-state index contributed by atoms with van der Waals surface area (Å²) >= 11 is 1.29. The van der Waals surface area contributed by atoms with Gasteiger partial charge in [-0.05, 0) is 17.8 Å². The molecule has 0 aromatic carbocycles. The van der Waals surface area contributed by atoms with E-state index < -0.39 is 5.92 Å². The second-order valence-electron chi connectivity index (χ2n) is 8.01. The number of thiophene rings is 1. The summed E-state index contributed by atoms with van der Waals surface area (Å²) in [5.74, 6) is -1.71. The van der Waals surface area contributed by atoms with Crippen molar-refractivity contribution in [1.29, 1.82) is 0 Å². The zero-order valence-electron chi connectivity index (χ0n) is 14.4. The smallest absolute Gasteiger partial charge is 0.269 e. The monoisotopic (exact) mass is 392 g/mol. The van der Waals surface area contributed by atoms with Crippen molar-refractivity contribution in [2.45, 2.75) is 18.4 Å². The fourth-order valence-corrected chi connectivity index (χ4v) is 6.39. The molecule has 6 rings (SSSR count). The molecular formula is C18H18F2N4O2S. The number of fused-ring (bicyclic) bond motifs is 1. The SMILES string of the molecule is O=C1NC([C@H]2[C@@H]3COC[C@@H]32)CN2CC(F)(F)Cc3c(-c4cn[nH]c4)sc1c32. The van der Waals surface area contributed by atoms with Crippen LogP contribution in [0.5, 0.6) is 0 Å². The molecule has 4 aliphatic rings. The maximum atomic E-state index is 14.6. The minimum Gasteiger partial charge on any atom is -0.381 e. The van der Waals surface area contributed by atoms with Crippen LogP contribution >= 0.6 is 11.3 Å². The van der Waals surface area contributed by atoms with Gasteiger partial charge in [0.05, 0.1) is 37.7 Å². The third-order valence-corrected chi connectivity index (χ3v) is 7.61. The molecule has 1 saturated heterocycles. The first-order valence-corrected chi connectivity index (χ1v) is 10.00. The molecular weight excluding hydrogens is 374 g/mol. The summed E-state index contributed by atoms with van der Waals surface area (Å²) in [5, 5.41) is 9.80. The van der Waals surface area contributed by atoms with Crippen LogP contribution in [0.2, 0.25) is 0 Å². The lowest BCUT2D eigenvalue weighted by Crippen LogP contribution is -2.49. The van der Waals surface area contributed by atoms with Gasteiger partial charge < -0.3 is 15.0 Å². The van der Waals surface area contributed by atoms with Crippen LogP contribution in [0, 0.1) is 17.8 Å². The number of aromatic nitrogens is 2. The highest BCUT2D eigenvalue weighted by Gasteiger charge is 2.59. The van der Waals surface area contributed by atoms with Crippen molar-refractivity contribution in [3.8, 4) is 10.4 Å². The van der Waals surface area contributed by atoms with E-state index in [2.05, 4.69) is 15.5 Å². The first-order valence-electron chi connectivity index (χ1n) is 9.18. The summed E-state index contributed by atoms with van der Waals surface area (Å²) in [4.78, 5) is 16.0. The third-order valence-electron chi connectivity index (χ3n) is 6.34. The molecule has 4 atom stereocenters. The average molecular weight is 392 g/mol. The first kappa shape index (κ1) is 16.0. The summed E-state index contributed by atoms with van der Waals surface area (Å²) in [6.07, 6.45) is 2.96. The van der Waals surface area contributed by atoms with Gasteiger partial charge in [-0.15, -0.1) is 11.3 Å². The van der Waals surface area contributed by atoms with Gasteiger partial charge in [0.2, 0.25) is 0 Å². The summed E-state index contributed by atoms with van der Waals surface area (Å²) in [5.41, 5.74) is 2.02. The first-order chi connectivity index (χ1) is 13.0. The minimum atomic E-state index is -2.82. The van der Waals surface area contributed by atoms with Gasteiger partial charge in [0.1, 0.15) is 4.88 Å². The Kier molecular flexibility index (Phi) is 3.13. The van der Waals surface area contributed by atoms with Gasteiger partial charge >= 0.3 is 0 Å². The molecule has 2 aromatic rings. The Morgan fingerprint density at radius 3 is 2.85 bits per heavy atom. The van der Waals surface area contributed by atoms with Crippen LogP contribution in [0.15, 0.2) is 12.4 Å². The average Bonchev–Trinajstić information content (AvgIpc) is 3.07. The summed E-state index contributed by atoms with van der Waals surface area (Å²) < 4.78 is 34.6. The summed E-state index contributed by atoms with van der Waals surface area (Å²) in [6.45, 7) is 1.53. The predicted molar refractivity (Wildman–Crippen MR) is 95.3 cm³/mol. The Hall–Kier alpha value is -2.00. The van der Waals surface area contributed by atoms with E-state index in [4.69, 9.17) is 4.74 Å². The van der Waals surface area contributed by atoms with Crippen LogP contribution < -0.4 is 10.2 Å². The number of carbonyl (C=O) groups is 1. The van der Waals surface area contributed by atoms with E-state index in [-0.39, 0.29) is 24.9 Å². The number of hydrogen-bond acceptors (Lipinski definition) is 5. The van der Waals surface area contributed by atoms with Crippen molar-refractivity contribution >= 4 is 22.9 Å². The quantitative estimate of drug-likeness (QED) is 0.822. The number of aromatic amines is 1. The van der Waals surface area contributed by atoms with Crippen molar-refractivity contribution in [1.82, 2.24) is 15.5 Å². The van der Waals surface area contributed by atoms with Gasteiger partial charge in [-0.25, -0.2) is 8.78 Å². The van der Waals surface area contributed by atoms with E-state index in [0.29, 0.717) is 45.3 Å². The number of nitrogens with zero attached hydrogens (tertiary/aromatic N) is 2. The molecule has 1 aliphatic carbocycles. The van der Waals surface area contributed by atoms with Crippen LogP contribution in [0.4, 0.5) is 14.5 Å². The van der Waals surface area contributed by atoms with Crippen molar-refractivity contribution < 1.29 is 18.3 Å². The molecule has 142 valence electrons. The summed E-state index contributed by atoms with van der Waals surface area (Å²) in [7, 11) is 0. The lowest BCUT2D eigenvalue weighted by atomic mass is 9.97. The molecule has 0 radical (unpaired) electrons. The van der Waals surface area contributed by atoms with E-state index in [0.717, 1.165) is 18.8 Å². The van der Waals surface area contributed by atoms with Crippen molar-refractivity contribution in [2.24, 2.45) is 17.8 Å². The molecule has 2 fully saturated rings. The van der Waals surface area contributed by atoms with E-state index in [1.807, 2.05) is 0 Å². The highest BCUT2D eigenvalue weighted by atomic mass is 32.1. The molecule has 0 bridgehead atoms. The molecule has 2 aromatic heterocycles. The fraction of sp³-hybridized carbons (Fsp3) is 0.556. The zero-order chi connectivity index (χ0) is 18.3. The highest BCUT2D eigenvalue weighted by Crippen LogP contribution is 2.54. The number of nitrogens with one attached hydrogen (secondary N) is 2. The van der Waals surface area contributed by atoms with Crippen LogP contribution in [0.3, 0.4) is 0 Å². The van der Waals surface area contributed by atoms with Crippen molar-refractivity contribution in [3.63, 3.8) is 0 Å². The molecule has 9 heteroatoms. The predicted octanol–water partition coefficient (Wildman–Crippen LogP) is 2.14. The van der Waals surface area contributed by atoms with E-state index in [9.17, 15) is 13.6 Å². The lowest BCUT2D eigenvalue weighted by Gasteiger charge is -2.36. The maximum Gasteiger partial charge on any atom is 0.269 e. The standard InChI is InChI=1S/C18H18F2N4O2S/c19-18(20)1-9-14-16(27-15(9)8-2-21-22-3-8)17(25)23-12(4-24(14)7-18)13-10-5-26-6-11(10)13/h2-3,10-13H,1,4-7H2,(H,21,22)(H,23,25)/t10-,11+,12?,13+. The van der Waals surface area contributed by atoms with Gasteiger partial charge in [0.25, 0.3) is 11.8 Å². The lowest BCUT2D eigenvalue weighted by molar-refractivity contribution is 0.00523. The number of alkyl halides is 2. The number of carbonyl (C=O) groups excluding carboxylic acids is 1. The van der Waals surface area contributed by atoms with E-state index in [1.54, 1.807) is 17.3 Å². The number of H-pyrrole nitrogens is 1. The molecule has 2 N–H and O–H groups in total. The molecule has 5 heterocycles. The number of hydrogen-bond donors (Lipinski definition) is 2. The van der Waals surface area contributed by atoms with Crippen LogP contribution in [-0.2, 0) is 11.2 Å². The Labute approximate surface area is 157 Å². The Bertz CT molecular complexity index is 918. The topological polar surface area (TPSA) is 70.2 Å². The molecule has 1 amide bonds. The van der Waals surface area contributed by atoms with Crippen molar-refractivity contribution in [3.05, 3.63) is 22.8 Å². The molecule has 0 spiro atoms. The number of halogens is 2. The van der Waals surface area contributed by atoms with Gasteiger partial charge in [0.15, 0.2) is 0 Å². The molecule has 3 aliphatic heterocycles. The third kappa shape index (κ3) is 2.30. The van der Waals surface area contributed by atoms with Crippen LogP contribution in [0.25, 0.3) is 10.4 Å². The molecule has 27 heavy (non-hydrogen) atoms. The highest BCUT2D eigenvalue weighted by molar-refractivity contribution is 7.18. The van der Waals surface area contributed by atoms with E-state index >= 15 is 0 Å². The number of ether oxygens (including phenoxy) is 1. The largest absolute Gasteiger partial charge is 0.381 e. The zero-order valence-corrected chi connectivity index (χ0v) is 15.2. The van der Waals surface area contributed by atoms with Gasteiger partial charge in [-0.1, -0.05) is 0 Å². The number of amides is 1. The Morgan fingerprint density at radius 2 is 2.11 bits per heavy atom. The second-order valence-corrected chi connectivity index (χ2v) is 9.03. The fourth-order valence-electron chi connectivity index (χ4n) is 5.16. The van der Waals surface area contributed by atoms with Gasteiger partial charge in [-0.2, -0.15) is 5.10 Å². The van der Waals surface area contributed by atoms with Gasteiger partial charge in [0, 0.05) is 35.2 Å². The second kappa shape index (κ2) is 5.29. The Morgan fingerprint density at radius 1 is 1.30 bits per heavy atom. The molecule has 6 nitrogen and oxygen atoms in total. The molecule has 1 saturated carbocycles. The normalized spacial score (nSPS) is 33.3. The van der Waals surface area contributed by atoms with Crippen LogP contribution in [0.1, 0.15) is 15.2 Å². The van der Waals surface area contributed by atoms with E-state index in [1.165, 1.54) is 11.3 Å². The van der Waals surface area contributed by atoms with Crippen molar-refractivity contribution in [2.75, 3.05) is 31.2 Å². The van der Waals surface area contributed by atoms with Crippen LogP contribution in [-0.4, -0.2) is 54.4 Å². The maximum absolute atomic E-state index is 14.6. The number of anilines is 1.